The first kappa shape index (κ1) is 12.2. The molecule has 1 atom stereocenters. The molecule has 1 saturated carbocycles. The van der Waals surface area contributed by atoms with Gasteiger partial charge < -0.3 is 10.6 Å². The molecule has 0 aliphatic heterocycles. The van der Waals surface area contributed by atoms with E-state index in [2.05, 4.69) is 4.98 Å². The van der Waals surface area contributed by atoms with Gasteiger partial charge >= 0.3 is 0 Å². The van der Waals surface area contributed by atoms with Crippen LogP contribution in [0.25, 0.3) is 0 Å². The number of pyridine rings is 1. The monoisotopic (exact) mass is 241 g/mol. The van der Waals surface area contributed by atoms with Crippen molar-refractivity contribution in [2.45, 2.75) is 37.8 Å². The quantitative estimate of drug-likeness (QED) is 0.881. The molecule has 1 aliphatic carbocycles. The van der Waals surface area contributed by atoms with Gasteiger partial charge in [0.2, 0.25) is 5.92 Å². The first-order chi connectivity index (χ1) is 8.02. The summed E-state index contributed by atoms with van der Waals surface area (Å²) in [7, 11) is 1.82. The Morgan fingerprint density at radius 2 is 2.29 bits per heavy atom. The van der Waals surface area contributed by atoms with Crippen molar-refractivity contribution >= 4 is 5.82 Å². The second-order valence-corrected chi connectivity index (χ2v) is 4.59. The molecule has 17 heavy (non-hydrogen) atoms. The number of hydrogen-bond donors (Lipinski definition) is 1. The summed E-state index contributed by atoms with van der Waals surface area (Å²) >= 11 is 0. The van der Waals surface area contributed by atoms with E-state index >= 15 is 0 Å². The summed E-state index contributed by atoms with van der Waals surface area (Å²) in [6.07, 6.45) is 2.11. The van der Waals surface area contributed by atoms with Crippen LogP contribution in [0.3, 0.4) is 0 Å². The Labute approximate surface area is 99.6 Å². The maximum Gasteiger partial charge on any atom is 0.250 e. The molecule has 0 saturated heterocycles. The largest absolute Gasteiger partial charge is 0.356 e. The lowest BCUT2D eigenvalue weighted by Gasteiger charge is -2.25. The average molecular weight is 241 g/mol. The van der Waals surface area contributed by atoms with Crippen molar-refractivity contribution in [2.75, 3.05) is 11.9 Å². The minimum atomic E-state index is -2.52. The van der Waals surface area contributed by atoms with Crippen LogP contribution in [0.4, 0.5) is 14.6 Å². The van der Waals surface area contributed by atoms with Gasteiger partial charge in [-0.15, -0.1) is 0 Å². The highest BCUT2D eigenvalue weighted by Crippen LogP contribution is 2.37. The molecule has 5 heteroatoms. The molecule has 0 spiro atoms. The summed E-state index contributed by atoms with van der Waals surface area (Å²) in [5.41, 5.74) is 6.42. The molecular formula is C12H17F2N3. The summed E-state index contributed by atoms with van der Waals surface area (Å²) < 4.78 is 26.3. The van der Waals surface area contributed by atoms with Crippen LogP contribution in [-0.2, 0) is 6.54 Å². The molecule has 2 N–H and O–H groups in total. The number of aromatic nitrogens is 1. The zero-order valence-electron chi connectivity index (χ0n) is 9.87. The zero-order chi connectivity index (χ0) is 12.5. The summed E-state index contributed by atoms with van der Waals surface area (Å²) in [5, 5.41) is 0. The summed E-state index contributed by atoms with van der Waals surface area (Å²) in [6.45, 7) is 0.443. The van der Waals surface area contributed by atoms with Crippen LogP contribution >= 0.6 is 0 Å². The SMILES string of the molecule is CN(c1ccc(CN)cn1)[C@@H]1CCC(F)(F)C1. The van der Waals surface area contributed by atoms with E-state index < -0.39 is 5.92 Å². The van der Waals surface area contributed by atoms with Gasteiger partial charge in [-0.05, 0) is 18.1 Å². The van der Waals surface area contributed by atoms with Gasteiger partial charge in [-0.2, -0.15) is 0 Å². The fraction of sp³-hybridized carbons (Fsp3) is 0.583. The van der Waals surface area contributed by atoms with Gasteiger partial charge in [0.15, 0.2) is 0 Å². The van der Waals surface area contributed by atoms with Crippen molar-refractivity contribution in [2.24, 2.45) is 5.73 Å². The van der Waals surface area contributed by atoms with Gasteiger partial charge in [0.05, 0.1) is 0 Å². The lowest BCUT2D eigenvalue weighted by Crippen LogP contribution is -2.31. The fourth-order valence-electron chi connectivity index (χ4n) is 2.19. The summed E-state index contributed by atoms with van der Waals surface area (Å²) in [6, 6.07) is 3.59. The van der Waals surface area contributed by atoms with Gasteiger partial charge in [0.1, 0.15) is 5.82 Å². The smallest absolute Gasteiger partial charge is 0.250 e. The van der Waals surface area contributed by atoms with Gasteiger partial charge in [0, 0.05) is 38.7 Å². The number of nitrogens with two attached hydrogens (primary N) is 1. The predicted octanol–water partition coefficient (Wildman–Crippen LogP) is 2.16. The average Bonchev–Trinajstić information content (AvgIpc) is 2.69. The fourth-order valence-corrected chi connectivity index (χ4v) is 2.19. The van der Waals surface area contributed by atoms with Crippen LogP contribution < -0.4 is 10.6 Å². The molecule has 2 rings (SSSR count). The minimum Gasteiger partial charge on any atom is -0.356 e. The van der Waals surface area contributed by atoms with Crippen molar-refractivity contribution in [1.29, 1.82) is 0 Å². The number of rotatable bonds is 3. The van der Waals surface area contributed by atoms with Gasteiger partial charge in [-0.1, -0.05) is 6.07 Å². The maximum absolute atomic E-state index is 13.1. The van der Waals surface area contributed by atoms with Gasteiger partial charge in [-0.3, -0.25) is 0 Å². The maximum atomic E-state index is 13.1. The van der Waals surface area contributed by atoms with Crippen LogP contribution in [0.5, 0.6) is 0 Å². The molecule has 1 aliphatic rings. The Morgan fingerprint density at radius 3 is 2.76 bits per heavy atom. The van der Waals surface area contributed by atoms with E-state index in [1.807, 2.05) is 24.1 Å². The molecule has 3 nitrogen and oxygen atoms in total. The Morgan fingerprint density at radius 1 is 1.53 bits per heavy atom. The lowest BCUT2D eigenvalue weighted by atomic mass is 10.2. The van der Waals surface area contributed by atoms with Crippen LogP contribution in [-0.4, -0.2) is 24.0 Å². The third kappa shape index (κ3) is 2.72. The van der Waals surface area contributed by atoms with E-state index in [9.17, 15) is 8.78 Å². The van der Waals surface area contributed by atoms with Crippen molar-refractivity contribution in [1.82, 2.24) is 4.98 Å². The normalized spacial score (nSPS) is 22.7. The van der Waals surface area contributed by atoms with Crippen LogP contribution in [0.15, 0.2) is 18.3 Å². The van der Waals surface area contributed by atoms with Crippen LogP contribution in [0.2, 0.25) is 0 Å². The number of alkyl halides is 2. The molecule has 1 heterocycles. The number of anilines is 1. The molecule has 1 aromatic heterocycles. The molecule has 0 aromatic carbocycles. The summed E-state index contributed by atoms with van der Waals surface area (Å²) in [5.74, 6) is -1.79. The van der Waals surface area contributed by atoms with E-state index in [-0.39, 0.29) is 18.9 Å². The van der Waals surface area contributed by atoms with Gasteiger partial charge in [0.25, 0.3) is 0 Å². The highest BCUT2D eigenvalue weighted by Gasteiger charge is 2.41. The first-order valence-corrected chi connectivity index (χ1v) is 5.77. The molecular weight excluding hydrogens is 224 g/mol. The van der Waals surface area contributed by atoms with Crippen molar-refractivity contribution in [3.8, 4) is 0 Å². The van der Waals surface area contributed by atoms with E-state index in [1.54, 1.807) is 6.20 Å². The Hall–Kier alpha value is -1.23. The zero-order valence-corrected chi connectivity index (χ0v) is 9.87. The van der Waals surface area contributed by atoms with Crippen LogP contribution in [0.1, 0.15) is 24.8 Å². The van der Waals surface area contributed by atoms with Gasteiger partial charge in [-0.25, -0.2) is 13.8 Å². The van der Waals surface area contributed by atoms with Crippen molar-refractivity contribution < 1.29 is 8.78 Å². The molecule has 0 radical (unpaired) electrons. The highest BCUT2D eigenvalue weighted by atomic mass is 19.3. The van der Waals surface area contributed by atoms with Crippen molar-refractivity contribution in [3.05, 3.63) is 23.9 Å². The molecule has 0 unspecified atom stereocenters. The standard InChI is InChI=1S/C12H17F2N3/c1-17(10-4-5-12(13,14)6-10)11-3-2-9(7-15)8-16-11/h2-3,8,10H,4-7,15H2,1H3/t10-/m1/s1. The second kappa shape index (κ2) is 4.56. The predicted molar refractivity (Wildman–Crippen MR) is 63.1 cm³/mol. The molecule has 0 amide bonds. The Kier molecular flexibility index (Phi) is 3.28. The lowest BCUT2D eigenvalue weighted by molar-refractivity contribution is 0.00786. The molecule has 1 fully saturated rings. The third-order valence-electron chi connectivity index (χ3n) is 3.33. The first-order valence-electron chi connectivity index (χ1n) is 5.77. The number of halogens is 2. The second-order valence-electron chi connectivity index (χ2n) is 4.59. The van der Waals surface area contributed by atoms with E-state index in [4.69, 9.17) is 5.73 Å². The van der Waals surface area contributed by atoms with Crippen LogP contribution in [0, 0.1) is 0 Å². The van der Waals surface area contributed by atoms with E-state index in [0.29, 0.717) is 13.0 Å². The minimum absolute atomic E-state index is 0.0249. The topological polar surface area (TPSA) is 42.1 Å². The number of nitrogens with zero attached hydrogens (tertiary/aromatic N) is 2. The Balaban J connectivity index is 2.06. The Bertz CT molecular complexity index is 378. The molecule has 94 valence electrons. The van der Waals surface area contributed by atoms with E-state index in [1.165, 1.54) is 0 Å². The van der Waals surface area contributed by atoms with Crippen molar-refractivity contribution in [3.63, 3.8) is 0 Å². The molecule has 0 bridgehead atoms. The number of hydrogen-bond acceptors (Lipinski definition) is 3. The molecule has 1 aromatic rings. The summed E-state index contributed by atoms with van der Waals surface area (Å²) in [4.78, 5) is 6.08. The van der Waals surface area contributed by atoms with E-state index in [0.717, 1.165) is 11.4 Å². The highest BCUT2D eigenvalue weighted by molar-refractivity contribution is 5.40. The third-order valence-corrected chi connectivity index (χ3v) is 3.33.